The van der Waals surface area contributed by atoms with E-state index in [1.54, 1.807) is 6.07 Å². The normalized spacial score (nSPS) is 20.1. The minimum absolute atomic E-state index is 0.226. The molecular weight excluding hydrogens is 214 g/mol. The molecule has 0 bridgehead atoms. The zero-order chi connectivity index (χ0) is 12.5. The number of hydrogen-bond acceptors (Lipinski definition) is 5. The first-order chi connectivity index (χ1) is 7.94. The van der Waals surface area contributed by atoms with Crippen LogP contribution in [0.3, 0.4) is 0 Å². The van der Waals surface area contributed by atoms with Gasteiger partial charge in [-0.2, -0.15) is 9.97 Å². The minimum atomic E-state index is 0.226. The number of nitrogens with zero attached hydrogens (tertiary/aromatic N) is 2. The van der Waals surface area contributed by atoms with Gasteiger partial charge in [-0.25, -0.2) is 0 Å². The molecule has 1 fully saturated rings. The molecule has 0 radical (unpaired) electrons. The molecule has 5 N–H and O–H groups in total. The van der Waals surface area contributed by atoms with Gasteiger partial charge in [0.15, 0.2) is 0 Å². The highest BCUT2D eigenvalue weighted by atomic mass is 15.1. The molecule has 1 aromatic heterocycles. The van der Waals surface area contributed by atoms with E-state index in [1.807, 2.05) is 0 Å². The van der Waals surface area contributed by atoms with Gasteiger partial charge in [0.2, 0.25) is 5.95 Å². The van der Waals surface area contributed by atoms with Crippen molar-refractivity contribution < 1.29 is 0 Å². The quantitative estimate of drug-likeness (QED) is 0.729. The average Bonchev–Trinajstić information content (AvgIpc) is 2.20. The molecule has 1 saturated carbocycles. The van der Waals surface area contributed by atoms with Crippen molar-refractivity contribution in [3.8, 4) is 0 Å². The second-order valence-corrected chi connectivity index (χ2v) is 5.62. The van der Waals surface area contributed by atoms with Crippen molar-refractivity contribution in [2.24, 2.45) is 5.41 Å². The van der Waals surface area contributed by atoms with Gasteiger partial charge in [0, 0.05) is 12.1 Å². The standard InChI is InChI=1S/C12H21N5/c1-12(2)5-3-8(4-6-12)15-10-7-9(13)16-11(14)17-10/h7-8H,3-6H2,1-2H3,(H5,13,14,15,16,17). The molecule has 5 nitrogen and oxygen atoms in total. The Balaban J connectivity index is 1.97. The SMILES string of the molecule is CC1(C)CCC(Nc2cc(N)nc(N)n2)CC1. The van der Waals surface area contributed by atoms with Crippen LogP contribution in [0.1, 0.15) is 39.5 Å². The van der Waals surface area contributed by atoms with Gasteiger partial charge >= 0.3 is 0 Å². The lowest BCUT2D eigenvalue weighted by atomic mass is 9.75. The van der Waals surface area contributed by atoms with Crippen molar-refractivity contribution in [2.75, 3.05) is 16.8 Å². The summed E-state index contributed by atoms with van der Waals surface area (Å²) in [6.45, 7) is 4.65. The minimum Gasteiger partial charge on any atom is -0.383 e. The van der Waals surface area contributed by atoms with Crippen molar-refractivity contribution in [3.63, 3.8) is 0 Å². The van der Waals surface area contributed by atoms with E-state index < -0.39 is 0 Å². The molecule has 17 heavy (non-hydrogen) atoms. The maximum atomic E-state index is 5.64. The zero-order valence-corrected chi connectivity index (χ0v) is 10.5. The predicted octanol–water partition coefficient (Wildman–Crippen LogP) is 2.02. The van der Waals surface area contributed by atoms with E-state index in [4.69, 9.17) is 11.5 Å². The molecule has 0 amide bonds. The molecule has 0 spiro atoms. The lowest BCUT2D eigenvalue weighted by molar-refractivity contribution is 0.232. The molecule has 2 rings (SSSR count). The Morgan fingerprint density at radius 1 is 1.24 bits per heavy atom. The van der Waals surface area contributed by atoms with Gasteiger partial charge in [-0.1, -0.05) is 13.8 Å². The Bertz CT molecular complexity index is 372. The summed E-state index contributed by atoms with van der Waals surface area (Å²) >= 11 is 0. The van der Waals surface area contributed by atoms with Crippen molar-refractivity contribution in [2.45, 2.75) is 45.6 Å². The average molecular weight is 235 g/mol. The van der Waals surface area contributed by atoms with Gasteiger partial charge in [-0.05, 0) is 31.1 Å². The summed E-state index contributed by atoms with van der Waals surface area (Å²) in [5.74, 6) is 1.37. The van der Waals surface area contributed by atoms with Gasteiger partial charge in [-0.15, -0.1) is 0 Å². The molecule has 0 unspecified atom stereocenters. The number of anilines is 3. The third kappa shape index (κ3) is 3.22. The van der Waals surface area contributed by atoms with Gasteiger partial charge in [0.1, 0.15) is 11.6 Å². The molecule has 0 aromatic carbocycles. The fraction of sp³-hybridized carbons (Fsp3) is 0.667. The fourth-order valence-corrected chi connectivity index (χ4v) is 2.31. The van der Waals surface area contributed by atoms with E-state index in [9.17, 15) is 0 Å². The molecule has 0 saturated heterocycles. The van der Waals surface area contributed by atoms with Crippen molar-refractivity contribution in [1.82, 2.24) is 9.97 Å². The summed E-state index contributed by atoms with van der Waals surface area (Å²) in [6.07, 6.45) is 4.80. The molecule has 1 aromatic rings. The Kier molecular flexibility index (Phi) is 3.09. The first-order valence-corrected chi connectivity index (χ1v) is 6.11. The zero-order valence-electron chi connectivity index (χ0n) is 10.5. The first kappa shape index (κ1) is 12.0. The number of nitrogen functional groups attached to an aromatic ring is 2. The summed E-state index contributed by atoms with van der Waals surface area (Å²) in [4.78, 5) is 7.99. The van der Waals surface area contributed by atoms with Crippen LogP contribution in [0.2, 0.25) is 0 Å². The largest absolute Gasteiger partial charge is 0.383 e. The van der Waals surface area contributed by atoms with Crippen LogP contribution in [0, 0.1) is 5.41 Å². The van der Waals surface area contributed by atoms with Crippen LogP contribution in [-0.4, -0.2) is 16.0 Å². The van der Waals surface area contributed by atoms with E-state index in [1.165, 1.54) is 12.8 Å². The molecule has 0 aliphatic heterocycles. The van der Waals surface area contributed by atoms with Crippen molar-refractivity contribution >= 4 is 17.6 Å². The molecule has 5 heteroatoms. The van der Waals surface area contributed by atoms with Crippen LogP contribution in [0.4, 0.5) is 17.6 Å². The van der Waals surface area contributed by atoms with Crippen molar-refractivity contribution in [3.05, 3.63) is 6.07 Å². The van der Waals surface area contributed by atoms with E-state index in [2.05, 4.69) is 29.1 Å². The third-order valence-electron chi connectivity index (χ3n) is 3.45. The lowest BCUT2D eigenvalue weighted by Gasteiger charge is -2.34. The second-order valence-electron chi connectivity index (χ2n) is 5.62. The van der Waals surface area contributed by atoms with E-state index in [0.29, 0.717) is 17.3 Å². The number of nitrogens with two attached hydrogens (primary N) is 2. The Morgan fingerprint density at radius 3 is 2.47 bits per heavy atom. The van der Waals surface area contributed by atoms with Crippen LogP contribution in [0.15, 0.2) is 6.07 Å². The van der Waals surface area contributed by atoms with Crippen molar-refractivity contribution in [1.29, 1.82) is 0 Å². The maximum Gasteiger partial charge on any atom is 0.223 e. The Morgan fingerprint density at radius 2 is 1.88 bits per heavy atom. The van der Waals surface area contributed by atoms with Gasteiger partial charge in [0.25, 0.3) is 0 Å². The van der Waals surface area contributed by atoms with Crippen LogP contribution < -0.4 is 16.8 Å². The van der Waals surface area contributed by atoms with E-state index >= 15 is 0 Å². The topological polar surface area (TPSA) is 89.8 Å². The Labute approximate surface area is 102 Å². The monoisotopic (exact) mass is 235 g/mol. The number of nitrogens with one attached hydrogen (secondary N) is 1. The summed E-state index contributed by atoms with van der Waals surface area (Å²) in [5, 5.41) is 3.39. The number of hydrogen-bond donors (Lipinski definition) is 3. The van der Waals surface area contributed by atoms with E-state index in [-0.39, 0.29) is 5.95 Å². The summed E-state index contributed by atoms with van der Waals surface area (Å²) in [5.41, 5.74) is 11.7. The summed E-state index contributed by atoms with van der Waals surface area (Å²) in [6, 6.07) is 2.20. The highest BCUT2D eigenvalue weighted by Crippen LogP contribution is 2.35. The molecule has 94 valence electrons. The summed E-state index contributed by atoms with van der Waals surface area (Å²) in [7, 11) is 0. The molecule has 0 atom stereocenters. The first-order valence-electron chi connectivity index (χ1n) is 6.11. The fourth-order valence-electron chi connectivity index (χ4n) is 2.31. The van der Waals surface area contributed by atoms with Gasteiger partial charge in [0.05, 0.1) is 0 Å². The summed E-state index contributed by atoms with van der Waals surface area (Å²) < 4.78 is 0. The molecule has 1 aliphatic carbocycles. The predicted molar refractivity (Wildman–Crippen MR) is 70.5 cm³/mol. The highest BCUT2D eigenvalue weighted by Gasteiger charge is 2.26. The maximum absolute atomic E-state index is 5.64. The van der Waals surface area contributed by atoms with Crippen LogP contribution in [0.5, 0.6) is 0 Å². The molecule has 1 aliphatic rings. The van der Waals surface area contributed by atoms with Gasteiger partial charge < -0.3 is 16.8 Å². The van der Waals surface area contributed by atoms with Crippen LogP contribution in [0.25, 0.3) is 0 Å². The van der Waals surface area contributed by atoms with E-state index in [0.717, 1.165) is 18.7 Å². The number of aromatic nitrogens is 2. The molecule has 1 heterocycles. The van der Waals surface area contributed by atoms with Crippen LogP contribution >= 0.6 is 0 Å². The van der Waals surface area contributed by atoms with Crippen LogP contribution in [-0.2, 0) is 0 Å². The lowest BCUT2D eigenvalue weighted by Crippen LogP contribution is -2.30. The van der Waals surface area contributed by atoms with Gasteiger partial charge in [-0.3, -0.25) is 0 Å². The highest BCUT2D eigenvalue weighted by molar-refractivity contribution is 5.48. The smallest absolute Gasteiger partial charge is 0.223 e. The third-order valence-corrected chi connectivity index (χ3v) is 3.45. The second kappa shape index (κ2) is 4.39. The Hall–Kier alpha value is -1.52. The molecular formula is C12H21N5. The number of rotatable bonds is 2.